The average molecular weight is 338 g/mol. The Labute approximate surface area is 126 Å². The number of halogens is 2. The zero-order valence-corrected chi connectivity index (χ0v) is 12.8. The van der Waals surface area contributed by atoms with Gasteiger partial charge in [0.05, 0.1) is 6.10 Å². The Morgan fingerprint density at radius 2 is 1.80 bits per heavy atom. The topological polar surface area (TPSA) is 32.3 Å². The van der Waals surface area contributed by atoms with Crippen molar-refractivity contribution < 1.29 is 9.50 Å². The van der Waals surface area contributed by atoms with E-state index in [9.17, 15) is 9.50 Å². The average Bonchev–Trinajstić information content (AvgIpc) is 2.45. The molecule has 0 aliphatic rings. The van der Waals surface area contributed by atoms with Gasteiger partial charge in [-0.05, 0) is 36.2 Å². The molecule has 0 heterocycles. The smallest absolute Gasteiger partial charge is 0.123 e. The molecule has 0 aliphatic heterocycles. The predicted molar refractivity (Wildman–Crippen MR) is 81.9 cm³/mol. The first-order chi connectivity index (χ1) is 9.58. The molecular formula is C16H17BrFNO. The molecule has 2 nitrogen and oxygen atoms in total. The first-order valence-electron chi connectivity index (χ1n) is 6.49. The molecular weight excluding hydrogens is 321 g/mol. The third-order valence-electron chi connectivity index (χ3n) is 3.24. The van der Waals surface area contributed by atoms with E-state index in [1.165, 1.54) is 12.1 Å². The highest BCUT2D eigenvalue weighted by Gasteiger charge is 2.12. The molecule has 0 amide bonds. The Morgan fingerprint density at radius 3 is 2.45 bits per heavy atom. The lowest BCUT2D eigenvalue weighted by molar-refractivity contribution is 0.170. The molecule has 106 valence electrons. The minimum absolute atomic E-state index is 0.112. The van der Waals surface area contributed by atoms with Gasteiger partial charge >= 0.3 is 0 Å². The minimum atomic E-state index is -0.652. The van der Waals surface area contributed by atoms with Crippen molar-refractivity contribution in [3.63, 3.8) is 0 Å². The van der Waals surface area contributed by atoms with Crippen molar-refractivity contribution in [1.82, 2.24) is 5.32 Å². The zero-order valence-electron chi connectivity index (χ0n) is 11.2. The lowest BCUT2D eigenvalue weighted by atomic mass is 10.1. The van der Waals surface area contributed by atoms with Gasteiger partial charge in [-0.3, -0.25) is 0 Å². The lowest BCUT2D eigenvalue weighted by Crippen LogP contribution is -2.24. The Morgan fingerprint density at radius 1 is 1.15 bits per heavy atom. The summed E-state index contributed by atoms with van der Waals surface area (Å²) in [6.45, 7) is 2.45. The van der Waals surface area contributed by atoms with Gasteiger partial charge in [-0.1, -0.05) is 46.3 Å². The molecule has 2 N–H and O–H groups in total. The third kappa shape index (κ3) is 3.88. The summed E-state index contributed by atoms with van der Waals surface area (Å²) in [7, 11) is 0. The Hall–Kier alpha value is -1.23. The van der Waals surface area contributed by atoms with Gasteiger partial charge in [0.25, 0.3) is 0 Å². The minimum Gasteiger partial charge on any atom is -0.387 e. The van der Waals surface area contributed by atoms with Gasteiger partial charge in [0.15, 0.2) is 0 Å². The van der Waals surface area contributed by atoms with E-state index in [1.807, 2.05) is 31.2 Å². The van der Waals surface area contributed by atoms with Crippen molar-refractivity contribution in [2.24, 2.45) is 0 Å². The molecule has 0 fully saturated rings. The first kappa shape index (κ1) is 15.2. The van der Waals surface area contributed by atoms with Crippen molar-refractivity contribution in [2.75, 3.05) is 6.54 Å². The molecule has 20 heavy (non-hydrogen) atoms. The number of aliphatic hydroxyl groups excluding tert-OH is 1. The second-order valence-electron chi connectivity index (χ2n) is 4.72. The Balaban J connectivity index is 1.95. The number of rotatable bonds is 5. The molecule has 1 unspecified atom stereocenters. The zero-order chi connectivity index (χ0) is 14.5. The van der Waals surface area contributed by atoms with Gasteiger partial charge in [-0.25, -0.2) is 4.39 Å². The number of hydrogen-bond donors (Lipinski definition) is 2. The summed E-state index contributed by atoms with van der Waals surface area (Å²) in [6, 6.07) is 14.0. The highest BCUT2D eigenvalue weighted by Crippen LogP contribution is 2.23. The first-order valence-corrected chi connectivity index (χ1v) is 7.28. The van der Waals surface area contributed by atoms with Crippen molar-refractivity contribution in [3.8, 4) is 0 Å². The summed E-state index contributed by atoms with van der Waals surface area (Å²) in [5, 5.41) is 13.4. The summed E-state index contributed by atoms with van der Waals surface area (Å²) in [5.74, 6) is -0.296. The molecule has 0 saturated heterocycles. The van der Waals surface area contributed by atoms with Crippen LogP contribution in [0.2, 0.25) is 0 Å². The van der Waals surface area contributed by atoms with E-state index >= 15 is 0 Å². The second kappa shape index (κ2) is 6.97. The van der Waals surface area contributed by atoms with E-state index in [2.05, 4.69) is 21.2 Å². The summed E-state index contributed by atoms with van der Waals surface area (Å²) < 4.78 is 13.9. The normalized spacial score (nSPS) is 14.0. The standard InChI is InChI=1S/C16H17BrFNO/c1-11(14-4-2-3-5-15(14)17)19-10-16(20)12-6-8-13(18)9-7-12/h2-9,11,16,19-20H,10H2,1H3/t11-,16?/m0/s1. The van der Waals surface area contributed by atoms with Crippen LogP contribution in [0.3, 0.4) is 0 Å². The highest BCUT2D eigenvalue weighted by atomic mass is 79.9. The largest absolute Gasteiger partial charge is 0.387 e. The van der Waals surface area contributed by atoms with Crippen LogP contribution in [0.15, 0.2) is 53.0 Å². The van der Waals surface area contributed by atoms with Crippen LogP contribution in [0.25, 0.3) is 0 Å². The monoisotopic (exact) mass is 337 g/mol. The molecule has 0 aromatic heterocycles. The molecule has 2 aromatic rings. The van der Waals surface area contributed by atoms with Gasteiger partial charge < -0.3 is 10.4 Å². The Bertz CT molecular complexity index is 559. The summed E-state index contributed by atoms with van der Waals surface area (Å²) >= 11 is 3.51. The quantitative estimate of drug-likeness (QED) is 0.865. The van der Waals surface area contributed by atoms with Gasteiger partial charge in [0, 0.05) is 17.1 Å². The highest BCUT2D eigenvalue weighted by molar-refractivity contribution is 9.10. The van der Waals surface area contributed by atoms with Crippen LogP contribution in [0.4, 0.5) is 4.39 Å². The fraction of sp³-hybridized carbons (Fsp3) is 0.250. The van der Waals surface area contributed by atoms with Crippen LogP contribution in [0.1, 0.15) is 30.2 Å². The van der Waals surface area contributed by atoms with Gasteiger partial charge in [-0.15, -0.1) is 0 Å². The Kier molecular flexibility index (Phi) is 5.29. The van der Waals surface area contributed by atoms with Gasteiger partial charge in [0.2, 0.25) is 0 Å². The summed E-state index contributed by atoms with van der Waals surface area (Å²) in [4.78, 5) is 0. The molecule has 4 heteroatoms. The fourth-order valence-electron chi connectivity index (χ4n) is 2.03. The maximum absolute atomic E-state index is 12.8. The number of aliphatic hydroxyl groups is 1. The van der Waals surface area contributed by atoms with Crippen molar-refractivity contribution in [2.45, 2.75) is 19.1 Å². The molecule has 2 rings (SSSR count). The molecule has 0 spiro atoms. The predicted octanol–water partition coefficient (Wildman–Crippen LogP) is 3.97. The van der Waals surface area contributed by atoms with E-state index in [0.717, 1.165) is 10.0 Å². The van der Waals surface area contributed by atoms with Crippen LogP contribution in [-0.2, 0) is 0 Å². The maximum Gasteiger partial charge on any atom is 0.123 e. The van der Waals surface area contributed by atoms with Crippen molar-refractivity contribution in [3.05, 3.63) is 69.9 Å². The van der Waals surface area contributed by atoms with Crippen LogP contribution < -0.4 is 5.32 Å². The van der Waals surface area contributed by atoms with Crippen LogP contribution >= 0.6 is 15.9 Å². The number of benzene rings is 2. The van der Waals surface area contributed by atoms with E-state index in [-0.39, 0.29) is 11.9 Å². The van der Waals surface area contributed by atoms with Crippen LogP contribution in [-0.4, -0.2) is 11.7 Å². The van der Waals surface area contributed by atoms with E-state index < -0.39 is 6.10 Å². The number of nitrogens with one attached hydrogen (secondary N) is 1. The van der Waals surface area contributed by atoms with Crippen LogP contribution in [0, 0.1) is 5.82 Å². The SMILES string of the molecule is C[C@H](NCC(O)c1ccc(F)cc1)c1ccccc1Br. The van der Waals surface area contributed by atoms with E-state index in [0.29, 0.717) is 12.1 Å². The molecule has 0 radical (unpaired) electrons. The number of hydrogen-bond acceptors (Lipinski definition) is 2. The third-order valence-corrected chi connectivity index (χ3v) is 3.97. The van der Waals surface area contributed by atoms with Crippen molar-refractivity contribution in [1.29, 1.82) is 0 Å². The van der Waals surface area contributed by atoms with Gasteiger partial charge in [-0.2, -0.15) is 0 Å². The summed E-state index contributed by atoms with van der Waals surface area (Å²) in [5.41, 5.74) is 1.84. The molecule has 0 bridgehead atoms. The maximum atomic E-state index is 12.8. The molecule has 2 atom stereocenters. The molecule has 0 aliphatic carbocycles. The summed E-state index contributed by atoms with van der Waals surface area (Å²) in [6.07, 6.45) is -0.652. The van der Waals surface area contributed by atoms with Crippen molar-refractivity contribution >= 4 is 15.9 Å². The second-order valence-corrected chi connectivity index (χ2v) is 5.57. The molecule has 2 aromatic carbocycles. The van der Waals surface area contributed by atoms with Gasteiger partial charge in [0.1, 0.15) is 5.82 Å². The van der Waals surface area contributed by atoms with E-state index in [4.69, 9.17) is 0 Å². The fourth-order valence-corrected chi connectivity index (χ4v) is 2.66. The van der Waals surface area contributed by atoms with E-state index in [1.54, 1.807) is 12.1 Å². The molecule has 0 saturated carbocycles. The lowest BCUT2D eigenvalue weighted by Gasteiger charge is -2.18. The van der Waals surface area contributed by atoms with Crippen LogP contribution in [0.5, 0.6) is 0 Å².